The molecule has 0 saturated carbocycles. The number of nitrogens with zero attached hydrogens (tertiary/aromatic N) is 3. The lowest BCUT2D eigenvalue weighted by Crippen LogP contribution is -2.62. The summed E-state index contributed by atoms with van der Waals surface area (Å²) in [6, 6.07) is 2.52. The predicted molar refractivity (Wildman–Crippen MR) is 68.9 cm³/mol. The minimum atomic E-state index is 0.0982. The monoisotopic (exact) mass is 247 g/mol. The van der Waals surface area contributed by atoms with E-state index in [4.69, 9.17) is 10.9 Å². The number of nitrogens with two attached hydrogens (primary N) is 1. The van der Waals surface area contributed by atoms with E-state index in [0.29, 0.717) is 11.6 Å². The molecular formula is C12H17N5O. The first kappa shape index (κ1) is 11.3. The van der Waals surface area contributed by atoms with Gasteiger partial charge >= 0.3 is 0 Å². The topological polar surface area (TPSA) is 86.8 Å². The Kier molecular flexibility index (Phi) is 2.79. The van der Waals surface area contributed by atoms with E-state index in [0.717, 1.165) is 31.2 Å². The molecule has 0 aromatic carbocycles. The van der Waals surface area contributed by atoms with E-state index < -0.39 is 0 Å². The fraction of sp³-hybridized carbons (Fsp3) is 0.500. The van der Waals surface area contributed by atoms with Gasteiger partial charge in [-0.3, -0.25) is 4.98 Å². The first-order valence-electron chi connectivity index (χ1n) is 6.19. The quantitative estimate of drug-likeness (QED) is 0.296. The van der Waals surface area contributed by atoms with Crippen molar-refractivity contribution in [1.29, 1.82) is 0 Å². The maximum atomic E-state index is 8.69. The van der Waals surface area contributed by atoms with Gasteiger partial charge in [-0.15, -0.1) is 0 Å². The standard InChI is InChI=1S/C12H17N5O/c13-12(16-18)9-3-10(6-14-4-9)17-2-1-8-5-15-11(8)7-17/h3-4,6,8,11,15,18H,1-2,5,7H2,(H2,13,16)/t8-,11-/m1/s1. The molecule has 6 nitrogen and oxygen atoms in total. The molecule has 1 aromatic rings. The normalized spacial score (nSPS) is 27.6. The Morgan fingerprint density at radius 1 is 1.56 bits per heavy atom. The zero-order chi connectivity index (χ0) is 12.5. The van der Waals surface area contributed by atoms with Crippen molar-refractivity contribution in [2.24, 2.45) is 16.8 Å². The molecule has 18 heavy (non-hydrogen) atoms. The number of anilines is 1. The molecule has 0 unspecified atom stereocenters. The van der Waals surface area contributed by atoms with E-state index >= 15 is 0 Å². The number of amidine groups is 1. The van der Waals surface area contributed by atoms with E-state index in [1.807, 2.05) is 12.3 Å². The van der Waals surface area contributed by atoms with Gasteiger partial charge in [-0.25, -0.2) is 0 Å². The highest BCUT2D eigenvalue weighted by atomic mass is 16.4. The number of hydrogen-bond acceptors (Lipinski definition) is 5. The molecule has 3 rings (SSSR count). The van der Waals surface area contributed by atoms with Gasteiger partial charge in [0.2, 0.25) is 0 Å². The van der Waals surface area contributed by atoms with E-state index in [2.05, 4.69) is 20.4 Å². The van der Waals surface area contributed by atoms with Crippen molar-refractivity contribution in [3.63, 3.8) is 0 Å². The van der Waals surface area contributed by atoms with Crippen LogP contribution in [0, 0.1) is 5.92 Å². The molecule has 2 fully saturated rings. The number of rotatable bonds is 2. The van der Waals surface area contributed by atoms with Crippen molar-refractivity contribution >= 4 is 11.5 Å². The summed E-state index contributed by atoms with van der Waals surface area (Å²) in [4.78, 5) is 6.46. The summed E-state index contributed by atoms with van der Waals surface area (Å²) in [7, 11) is 0. The zero-order valence-corrected chi connectivity index (χ0v) is 10.1. The average Bonchev–Trinajstić information content (AvgIpc) is 2.39. The van der Waals surface area contributed by atoms with Crippen LogP contribution in [-0.2, 0) is 0 Å². The SMILES string of the molecule is N/C(=N/O)c1cncc(N2CC[C@@H]3CN[C@@H]3C2)c1. The van der Waals surface area contributed by atoms with Crippen LogP contribution in [0.25, 0.3) is 0 Å². The molecule has 1 aromatic heterocycles. The molecule has 2 aliphatic heterocycles. The summed E-state index contributed by atoms with van der Waals surface area (Å²) in [5.41, 5.74) is 7.27. The van der Waals surface area contributed by atoms with Gasteiger partial charge in [-0.1, -0.05) is 5.16 Å². The van der Waals surface area contributed by atoms with Crippen LogP contribution in [0.2, 0.25) is 0 Å². The second kappa shape index (κ2) is 4.45. The van der Waals surface area contributed by atoms with E-state index in [1.165, 1.54) is 6.42 Å². The van der Waals surface area contributed by atoms with Crippen molar-refractivity contribution < 1.29 is 5.21 Å². The molecule has 0 spiro atoms. The molecule has 96 valence electrons. The summed E-state index contributed by atoms with van der Waals surface area (Å²) >= 11 is 0. The second-order valence-corrected chi connectivity index (χ2v) is 4.93. The van der Waals surface area contributed by atoms with Crippen LogP contribution < -0.4 is 16.0 Å². The van der Waals surface area contributed by atoms with Gasteiger partial charge in [0.05, 0.1) is 11.9 Å². The van der Waals surface area contributed by atoms with Crippen molar-refractivity contribution in [3.8, 4) is 0 Å². The number of pyridine rings is 1. The number of piperidine rings is 1. The van der Waals surface area contributed by atoms with Gasteiger partial charge in [0.25, 0.3) is 0 Å². The number of nitrogens with one attached hydrogen (secondary N) is 1. The molecular weight excluding hydrogens is 230 g/mol. The molecule has 3 heterocycles. The van der Waals surface area contributed by atoms with Gasteiger partial charge in [-0.05, 0) is 24.9 Å². The Balaban J connectivity index is 1.79. The molecule has 0 radical (unpaired) electrons. The molecule has 2 atom stereocenters. The van der Waals surface area contributed by atoms with Gasteiger partial charge in [0.15, 0.2) is 5.84 Å². The third-order valence-corrected chi connectivity index (χ3v) is 3.89. The van der Waals surface area contributed by atoms with Crippen LogP contribution >= 0.6 is 0 Å². The Hall–Kier alpha value is -1.82. The highest BCUT2D eigenvalue weighted by Gasteiger charge is 2.35. The lowest BCUT2D eigenvalue weighted by molar-refractivity contribution is 0.197. The summed E-state index contributed by atoms with van der Waals surface area (Å²) in [5.74, 6) is 0.933. The third-order valence-electron chi connectivity index (χ3n) is 3.89. The Morgan fingerprint density at radius 2 is 2.44 bits per heavy atom. The molecule has 2 aliphatic rings. The van der Waals surface area contributed by atoms with Crippen LogP contribution in [0.1, 0.15) is 12.0 Å². The first-order valence-corrected chi connectivity index (χ1v) is 6.19. The lowest BCUT2D eigenvalue weighted by Gasteiger charge is -2.47. The average molecular weight is 247 g/mol. The van der Waals surface area contributed by atoms with Crippen LogP contribution in [0.15, 0.2) is 23.6 Å². The molecule has 4 N–H and O–H groups in total. The minimum absolute atomic E-state index is 0.0982. The van der Waals surface area contributed by atoms with E-state index in [1.54, 1.807) is 6.20 Å². The second-order valence-electron chi connectivity index (χ2n) is 4.93. The van der Waals surface area contributed by atoms with E-state index in [9.17, 15) is 0 Å². The van der Waals surface area contributed by atoms with Gasteiger partial charge in [0, 0.05) is 30.9 Å². The predicted octanol–water partition coefficient (Wildman–Crippen LogP) is -0.0258. The maximum Gasteiger partial charge on any atom is 0.171 e. The number of fused-ring (bicyclic) bond motifs is 1. The maximum absolute atomic E-state index is 8.69. The van der Waals surface area contributed by atoms with Crippen molar-refractivity contribution in [2.45, 2.75) is 12.5 Å². The third kappa shape index (κ3) is 1.88. The molecule has 2 saturated heterocycles. The minimum Gasteiger partial charge on any atom is -0.409 e. The number of hydrogen-bond donors (Lipinski definition) is 3. The Morgan fingerprint density at radius 3 is 3.11 bits per heavy atom. The molecule has 6 heteroatoms. The van der Waals surface area contributed by atoms with Crippen LogP contribution in [-0.4, -0.2) is 41.7 Å². The van der Waals surface area contributed by atoms with Gasteiger partial charge in [0.1, 0.15) is 0 Å². The summed E-state index contributed by atoms with van der Waals surface area (Å²) in [6.45, 7) is 3.21. The Labute approximate surface area is 105 Å². The van der Waals surface area contributed by atoms with Gasteiger partial charge in [-0.2, -0.15) is 0 Å². The zero-order valence-electron chi connectivity index (χ0n) is 10.1. The lowest BCUT2D eigenvalue weighted by atomic mass is 9.85. The molecule has 0 amide bonds. The van der Waals surface area contributed by atoms with Crippen molar-refractivity contribution in [1.82, 2.24) is 10.3 Å². The summed E-state index contributed by atoms with van der Waals surface area (Å²) in [6.07, 6.45) is 4.64. The number of oxime groups is 1. The fourth-order valence-corrected chi connectivity index (χ4v) is 2.65. The highest BCUT2D eigenvalue weighted by molar-refractivity contribution is 5.97. The molecule has 0 bridgehead atoms. The van der Waals surface area contributed by atoms with Crippen molar-refractivity contribution in [3.05, 3.63) is 24.0 Å². The van der Waals surface area contributed by atoms with Crippen molar-refractivity contribution in [2.75, 3.05) is 24.5 Å². The first-order chi connectivity index (χ1) is 8.78. The smallest absolute Gasteiger partial charge is 0.171 e. The summed E-state index contributed by atoms with van der Waals surface area (Å²) in [5, 5.41) is 15.1. The van der Waals surface area contributed by atoms with Crippen LogP contribution in [0.4, 0.5) is 5.69 Å². The largest absolute Gasteiger partial charge is 0.409 e. The van der Waals surface area contributed by atoms with Crippen LogP contribution in [0.3, 0.4) is 0 Å². The summed E-state index contributed by atoms with van der Waals surface area (Å²) < 4.78 is 0. The highest BCUT2D eigenvalue weighted by Crippen LogP contribution is 2.27. The molecule has 0 aliphatic carbocycles. The van der Waals surface area contributed by atoms with E-state index in [-0.39, 0.29) is 5.84 Å². The van der Waals surface area contributed by atoms with Crippen LogP contribution in [0.5, 0.6) is 0 Å². The fourth-order valence-electron chi connectivity index (χ4n) is 2.65. The van der Waals surface area contributed by atoms with Gasteiger partial charge < -0.3 is 21.2 Å². The Bertz CT molecular complexity index is 475. The number of aromatic nitrogens is 1.